The molecule has 5 heteroatoms. The lowest BCUT2D eigenvalue weighted by atomic mass is 9.87. The predicted molar refractivity (Wildman–Crippen MR) is 95.1 cm³/mol. The topological polar surface area (TPSA) is 49.5 Å². The van der Waals surface area contributed by atoms with Gasteiger partial charge >= 0.3 is 5.97 Å². The molecule has 0 aliphatic carbocycles. The van der Waals surface area contributed by atoms with E-state index in [0.717, 1.165) is 32.3 Å². The van der Waals surface area contributed by atoms with Crippen molar-refractivity contribution in [2.75, 3.05) is 34.5 Å². The first kappa shape index (κ1) is 21.8. The lowest BCUT2D eigenvalue weighted by molar-refractivity contribution is -0.429. The third kappa shape index (κ3) is 5.95. The van der Waals surface area contributed by atoms with Crippen LogP contribution in [0.5, 0.6) is 0 Å². The van der Waals surface area contributed by atoms with Crippen LogP contribution < -0.4 is 0 Å². The first-order valence-corrected chi connectivity index (χ1v) is 9.54. The molecule has 0 radical (unpaired) electrons. The fraction of sp³-hybridized carbons (Fsp3) is 1.00. The largest absolute Gasteiger partial charge is 0.371 e. The minimum atomic E-state index is -1.18. The molecule has 0 aromatic rings. The van der Waals surface area contributed by atoms with Crippen molar-refractivity contribution in [3.8, 4) is 0 Å². The van der Waals surface area contributed by atoms with Crippen LogP contribution in [0.25, 0.3) is 0 Å². The third-order valence-corrected chi connectivity index (χ3v) is 4.90. The van der Waals surface area contributed by atoms with Gasteiger partial charge in [-0.05, 0) is 12.8 Å². The standard InChI is InChI=1S/C19H38O5/c1-6-8-9-10-11-12-14-18(13-7-2,24-16-17-15-23-17)19(20-3,21-4)22-5/h17H,6-16H2,1-5H3. The van der Waals surface area contributed by atoms with Gasteiger partial charge in [-0.15, -0.1) is 0 Å². The van der Waals surface area contributed by atoms with Gasteiger partial charge in [-0.1, -0.05) is 58.8 Å². The smallest absolute Gasteiger partial charge is 0.313 e. The Morgan fingerprint density at radius 1 is 0.833 bits per heavy atom. The SMILES string of the molecule is CCCCCCCCC(CCC)(OCC1CO1)C(OC)(OC)OC. The van der Waals surface area contributed by atoms with Gasteiger partial charge in [-0.25, -0.2) is 0 Å². The highest BCUT2D eigenvalue weighted by Gasteiger charge is 2.55. The molecule has 144 valence electrons. The zero-order chi connectivity index (χ0) is 17.9. The van der Waals surface area contributed by atoms with E-state index >= 15 is 0 Å². The number of ether oxygens (including phenoxy) is 5. The first-order valence-electron chi connectivity index (χ1n) is 9.54. The summed E-state index contributed by atoms with van der Waals surface area (Å²) in [5.74, 6) is -1.18. The van der Waals surface area contributed by atoms with Crippen molar-refractivity contribution in [2.24, 2.45) is 0 Å². The number of unbranched alkanes of at least 4 members (excludes halogenated alkanes) is 5. The van der Waals surface area contributed by atoms with E-state index in [-0.39, 0.29) is 6.10 Å². The molecule has 5 nitrogen and oxygen atoms in total. The molecule has 1 saturated heterocycles. The second-order valence-electron chi connectivity index (χ2n) is 6.70. The van der Waals surface area contributed by atoms with Gasteiger partial charge in [-0.3, -0.25) is 0 Å². The van der Waals surface area contributed by atoms with Crippen LogP contribution >= 0.6 is 0 Å². The second-order valence-corrected chi connectivity index (χ2v) is 6.70. The van der Waals surface area contributed by atoms with Crippen LogP contribution in [-0.4, -0.2) is 52.2 Å². The Bertz CT molecular complexity index is 307. The molecule has 0 amide bonds. The Morgan fingerprint density at radius 2 is 1.42 bits per heavy atom. The predicted octanol–water partition coefficient (Wildman–Crippen LogP) is 4.28. The number of hydrogen-bond donors (Lipinski definition) is 0. The highest BCUT2D eigenvalue weighted by atomic mass is 16.9. The molecule has 2 unspecified atom stereocenters. The Labute approximate surface area is 148 Å². The zero-order valence-corrected chi connectivity index (χ0v) is 16.4. The fourth-order valence-corrected chi connectivity index (χ4v) is 3.48. The van der Waals surface area contributed by atoms with Gasteiger partial charge in [0.1, 0.15) is 11.7 Å². The van der Waals surface area contributed by atoms with E-state index in [1.807, 2.05) is 0 Å². The molecule has 0 N–H and O–H groups in total. The van der Waals surface area contributed by atoms with Gasteiger partial charge in [0.15, 0.2) is 0 Å². The summed E-state index contributed by atoms with van der Waals surface area (Å²) >= 11 is 0. The Balaban J connectivity index is 2.76. The first-order chi connectivity index (χ1) is 11.6. The van der Waals surface area contributed by atoms with Gasteiger partial charge in [0.25, 0.3) is 0 Å². The quantitative estimate of drug-likeness (QED) is 0.237. The van der Waals surface area contributed by atoms with E-state index in [1.165, 1.54) is 32.1 Å². The molecule has 2 atom stereocenters. The van der Waals surface area contributed by atoms with Crippen LogP contribution in [-0.2, 0) is 23.7 Å². The Morgan fingerprint density at radius 3 is 1.92 bits per heavy atom. The average Bonchev–Trinajstić information content (AvgIpc) is 3.42. The maximum absolute atomic E-state index is 6.36. The van der Waals surface area contributed by atoms with E-state index in [0.29, 0.717) is 6.61 Å². The van der Waals surface area contributed by atoms with Crippen LogP contribution in [0.3, 0.4) is 0 Å². The van der Waals surface area contributed by atoms with Gasteiger partial charge < -0.3 is 23.7 Å². The van der Waals surface area contributed by atoms with E-state index in [9.17, 15) is 0 Å². The molecule has 0 aromatic carbocycles. The molecule has 0 spiro atoms. The summed E-state index contributed by atoms with van der Waals surface area (Å²) in [6.45, 7) is 5.73. The summed E-state index contributed by atoms with van der Waals surface area (Å²) in [7, 11) is 4.86. The highest BCUT2D eigenvalue weighted by molar-refractivity contribution is 4.92. The highest BCUT2D eigenvalue weighted by Crippen LogP contribution is 2.40. The second kappa shape index (κ2) is 11.4. The summed E-state index contributed by atoms with van der Waals surface area (Å²) in [4.78, 5) is 0. The molecule has 1 rings (SSSR count). The number of rotatable bonds is 16. The molecular weight excluding hydrogens is 308 g/mol. The van der Waals surface area contributed by atoms with Crippen LogP contribution in [0.15, 0.2) is 0 Å². The van der Waals surface area contributed by atoms with Crippen molar-refractivity contribution in [3.63, 3.8) is 0 Å². The monoisotopic (exact) mass is 346 g/mol. The summed E-state index contributed by atoms with van der Waals surface area (Å²) < 4.78 is 28.8. The third-order valence-electron chi connectivity index (χ3n) is 4.90. The van der Waals surface area contributed by atoms with E-state index in [4.69, 9.17) is 23.7 Å². The molecule has 1 fully saturated rings. The maximum Gasteiger partial charge on any atom is 0.313 e. The molecule has 0 bridgehead atoms. The van der Waals surface area contributed by atoms with Gasteiger partial charge in [0.2, 0.25) is 0 Å². The molecule has 24 heavy (non-hydrogen) atoms. The number of methoxy groups -OCH3 is 3. The van der Waals surface area contributed by atoms with E-state index in [2.05, 4.69) is 13.8 Å². The lowest BCUT2D eigenvalue weighted by Gasteiger charge is -2.46. The van der Waals surface area contributed by atoms with E-state index < -0.39 is 11.6 Å². The summed E-state index contributed by atoms with van der Waals surface area (Å²) in [6, 6.07) is 0. The molecule has 0 aromatic heterocycles. The normalized spacial score (nSPS) is 20.1. The molecular formula is C19H38O5. The van der Waals surface area contributed by atoms with Crippen molar-refractivity contribution < 1.29 is 23.7 Å². The molecule has 0 saturated carbocycles. The maximum atomic E-state index is 6.36. The lowest BCUT2D eigenvalue weighted by Crippen LogP contribution is -2.60. The van der Waals surface area contributed by atoms with Crippen LogP contribution in [0, 0.1) is 0 Å². The molecule has 1 aliphatic heterocycles. The summed E-state index contributed by atoms with van der Waals surface area (Å²) in [5.41, 5.74) is -0.614. The fourth-order valence-electron chi connectivity index (χ4n) is 3.48. The van der Waals surface area contributed by atoms with Crippen molar-refractivity contribution >= 4 is 0 Å². The Hall–Kier alpha value is -0.200. The van der Waals surface area contributed by atoms with Crippen LogP contribution in [0.1, 0.15) is 71.6 Å². The number of epoxide rings is 1. The Kier molecular flexibility index (Phi) is 10.4. The minimum absolute atomic E-state index is 0.203. The number of hydrogen-bond acceptors (Lipinski definition) is 5. The van der Waals surface area contributed by atoms with Crippen molar-refractivity contribution in [2.45, 2.75) is 89.3 Å². The van der Waals surface area contributed by atoms with Gasteiger partial charge in [-0.2, -0.15) is 0 Å². The van der Waals surface area contributed by atoms with E-state index in [1.54, 1.807) is 21.3 Å². The van der Waals surface area contributed by atoms with Crippen LogP contribution in [0.4, 0.5) is 0 Å². The minimum Gasteiger partial charge on any atom is -0.371 e. The van der Waals surface area contributed by atoms with Crippen LogP contribution in [0.2, 0.25) is 0 Å². The summed E-state index contributed by atoms with van der Waals surface area (Å²) in [6.07, 6.45) is 10.3. The molecule has 1 aliphatic rings. The summed E-state index contributed by atoms with van der Waals surface area (Å²) in [5, 5.41) is 0. The van der Waals surface area contributed by atoms with Crippen molar-refractivity contribution in [1.29, 1.82) is 0 Å². The molecule has 1 heterocycles. The van der Waals surface area contributed by atoms with Crippen molar-refractivity contribution in [1.82, 2.24) is 0 Å². The average molecular weight is 347 g/mol. The van der Waals surface area contributed by atoms with Gasteiger partial charge in [0, 0.05) is 21.3 Å². The van der Waals surface area contributed by atoms with Gasteiger partial charge in [0.05, 0.1) is 13.2 Å². The zero-order valence-electron chi connectivity index (χ0n) is 16.4. The van der Waals surface area contributed by atoms with Crippen molar-refractivity contribution in [3.05, 3.63) is 0 Å².